The summed E-state index contributed by atoms with van der Waals surface area (Å²) in [4.78, 5) is 4.50. The van der Waals surface area contributed by atoms with Gasteiger partial charge in [0, 0.05) is 24.9 Å². The summed E-state index contributed by atoms with van der Waals surface area (Å²) >= 11 is 0. The van der Waals surface area contributed by atoms with Crippen LogP contribution in [0.4, 0.5) is 0 Å². The second-order valence-electron chi connectivity index (χ2n) is 5.06. The van der Waals surface area contributed by atoms with Crippen LogP contribution in [-0.2, 0) is 6.42 Å². The molecule has 0 amide bonds. The molecule has 1 aromatic heterocycles. The van der Waals surface area contributed by atoms with Gasteiger partial charge in [0.25, 0.3) is 0 Å². The van der Waals surface area contributed by atoms with E-state index in [1.807, 2.05) is 6.20 Å². The molecule has 1 N–H and O–H groups in total. The minimum absolute atomic E-state index is 0.630. The van der Waals surface area contributed by atoms with Gasteiger partial charge in [-0.25, -0.2) is 4.98 Å². The average molecular weight is 235 g/mol. The van der Waals surface area contributed by atoms with Crippen molar-refractivity contribution in [3.63, 3.8) is 0 Å². The van der Waals surface area contributed by atoms with Gasteiger partial charge < -0.3 is 9.88 Å². The highest BCUT2D eigenvalue weighted by molar-refractivity contribution is 5.00. The summed E-state index contributed by atoms with van der Waals surface area (Å²) in [5, 5.41) is 3.69. The van der Waals surface area contributed by atoms with Crippen LogP contribution in [0, 0.1) is 0 Å². The Morgan fingerprint density at radius 2 is 2.24 bits per heavy atom. The molecule has 2 unspecified atom stereocenters. The summed E-state index contributed by atoms with van der Waals surface area (Å²) in [6.45, 7) is 5.59. The van der Waals surface area contributed by atoms with E-state index in [1.165, 1.54) is 37.9 Å². The highest BCUT2D eigenvalue weighted by Gasteiger charge is 2.28. The van der Waals surface area contributed by atoms with Gasteiger partial charge in [0.15, 0.2) is 0 Å². The van der Waals surface area contributed by atoms with Gasteiger partial charge in [-0.1, -0.05) is 13.8 Å². The molecule has 3 heteroatoms. The van der Waals surface area contributed by atoms with Crippen molar-refractivity contribution < 1.29 is 0 Å². The van der Waals surface area contributed by atoms with Gasteiger partial charge in [0.05, 0.1) is 6.04 Å². The van der Waals surface area contributed by atoms with Crippen molar-refractivity contribution in [2.24, 2.45) is 0 Å². The number of imidazole rings is 1. The van der Waals surface area contributed by atoms with Crippen molar-refractivity contribution in [3.05, 3.63) is 18.2 Å². The van der Waals surface area contributed by atoms with E-state index in [2.05, 4.69) is 34.9 Å². The zero-order valence-electron chi connectivity index (χ0n) is 11.2. The van der Waals surface area contributed by atoms with Gasteiger partial charge in [0.1, 0.15) is 5.82 Å². The van der Waals surface area contributed by atoms with Gasteiger partial charge in [0.2, 0.25) is 0 Å². The van der Waals surface area contributed by atoms with Crippen LogP contribution in [0.1, 0.15) is 57.8 Å². The fourth-order valence-electron chi connectivity index (χ4n) is 2.90. The van der Waals surface area contributed by atoms with Crippen LogP contribution < -0.4 is 5.32 Å². The Kier molecular flexibility index (Phi) is 4.60. The number of aryl methyl sites for hydroxylation is 1. The molecular formula is C14H25N3. The molecule has 0 radical (unpaired) electrons. The lowest BCUT2D eigenvalue weighted by Gasteiger charge is -2.24. The van der Waals surface area contributed by atoms with E-state index in [9.17, 15) is 0 Å². The number of nitrogens with one attached hydrogen (secondary N) is 1. The van der Waals surface area contributed by atoms with Crippen molar-refractivity contribution in [1.82, 2.24) is 14.9 Å². The van der Waals surface area contributed by atoms with Gasteiger partial charge in [-0.05, 0) is 38.6 Å². The highest BCUT2D eigenvalue weighted by atomic mass is 15.1. The van der Waals surface area contributed by atoms with E-state index in [4.69, 9.17) is 0 Å². The predicted molar refractivity (Wildman–Crippen MR) is 71.2 cm³/mol. The first-order chi connectivity index (χ1) is 8.36. The number of rotatable bonds is 6. The van der Waals surface area contributed by atoms with E-state index < -0.39 is 0 Å². The summed E-state index contributed by atoms with van der Waals surface area (Å²) in [5.74, 6) is 1.27. The lowest BCUT2D eigenvalue weighted by molar-refractivity contribution is 0.383. The molecule has 0 saturated heterocycles. The van der Waals surface area contributed by atoms with E-state index in [0.29, 0.717) is 12.1 Å². The van der Waals surface area contributed by atoms with Gasteiger partial charge in [-0.2, -0.15) is 0 Å². The fraction of sp³-hybridized carbons (Fsp3) is 0.786. The maximum absolute atomic E-state index is 4.50. The minimum atomic E-state index is 0.630. The Morgan fingerprint density at radius 3 is 3.00 bits per heavy atom. The minimum Gasteiger partial charge on any atom is -0.330 e. The predicted octanol–water partition coefficient (Wildman–Crippen LogP) is 2.93. The molecule has 96 valence electrons. The van der Waals surface area contributed by atoms with Crippen LogP contribution in [0.2, 0.25) is 0 Å². The fourth-order valence-corrected chi connectivity index (χ4v) is 2.90. The molecule has 1 aliphatic carbocycles. The average Bonchev–Trinajstić information content (AvgIpc) is 2.94. The second kappa shape index (κ2) is 6.20. The van der Waals surface area contributed by atoms with Crippen LogP contribution in [0.25, 0.3) is 0 Å². The Hall–Kier alpha value is -0.830. The molecule has 2 rings (SSSR count). The summed E-state index contributed by atoms with van der Waals surface area (Å²) < 4.78 is 2.42. The number of nitrogens with zero attached hydrogens (tertiary/aromatic N) is 2. The van der Waals surface area contributed by atoms with Crippen LogP contribution in [0.3, 0.4) is 0 Å². The maximum Gasteiger partial charge on any atom is 0.108 e. The molecule has 3 nitrogen and oxygen atoms in total. The lowest BCUT2D eigenvalue weighted by Crippen LogP contribution is -2.34. The van der Waals surface area contributed by atoms with E-state index in [-0.39, 0.29) is 0 Å². The Labute approximate surface area is 105 Å². The Bertz CT molecular complexity index is 332. The van der Waals surface area contributed by atoms with E-state index >= 15 is 0 Å². The third-order valence-corrected chi connectivity index (χ3v) is 3.72. The molecule has 0 bridgehead atoms. The SMILES string of the molecule is CCCNC1CCCC1n1ccnc1CCC. The van der Waals surface area contributed by atoms with Crippen molar-refractivity contribution in [1.29, 1.82) is 0 Å². The van der Waals surface area contributed by atoms with Crippen LogP contribution in [0.15, 0.2) is 12.4 Å². The van der Waals surface area contributed by atoms with Crippen molar-refractivity contribution in [3.8, 4) is 0 Å². The molecule has 1 aliphatic rings. The van der Waals surface area contributed by atoms with Gasteiger partial charge in [-0.3, -0.25) is 0 Å². The highest BCUT2D eigenvalue weighted by Crippen LogP contribution is 2.31. The molecule has 1 fully saturated rings. The molecule has 0 spiro atoms. The summed E-state index contributed by atoms with van der Waals surface area (Å²) in [6.07, 6.45) is 11.6. The quantitative estimate of drug-likeness (QED) is 0.821. The molecule has 1 aromatic rings. The zero-order valence-corrected chi connectivity index (χ0v) is 11.2. The van der Waals surface area contributed by atoms with Gasteiger partial charge >= 0.3 is 0 Å². The van der Waals surface area contributed by atoms with E-state index in [1.54, 1.807) is 0 Å². The summed E-state index contributed by atoms with van der Waals surface area (Å²) in [6, 6.07) is 1.28. The molecular weight excluding hydrogens is 210 g/mol. The smallest absolute Gasteiger partial charge is 0.108 e. The van der Waals surface area contributed by atoms with Crippen LogP contribution >= 0.6 is 0 Å². The topological polar surface area (TPSA) is 29.9 Å². The summed E-state index contributed by atoms with van der Waals surface area (Å²) in [7, 11) is 0. The van der Waals surface area contributed by atoms with Gasteiger partial charge in [-0.15, -0.1) is 0 Å². The van der Waals surface area contributed by atoms with Crippen molar-refractivity contribution in [2.75, 3.05) is 6.54 Å². The Balaban J connectivity index is 2.06. The number of hydrogen-bond donors (Lipinski definition) is 1. The first kappa shape index (κ1) is 12.6. The first-order valence-corrected chi connectivity index (χ1v) is 7.11. The normalized spacial score (nSPS) is 24.4. The number of aromatic nitrogens is 2. The van der Waals surface area contributed by atoms with Crippen molar-refractivity contribution in [2.45, 2.75) is 64.5 Å². The third kappa shape index (κ3) is 2.89. The summed E-state index contributed by atoms with van der Waals surface area (Å²) in [5.41, 5.74) is 0. The molecule has 2 atom stereocenters. The third-order valence-electron chi connectivity index (χ3n) is 3.72. The molecule has 17 heavy (non-hydrogen) atoms. The molecule has 0 aromatic carbocycles. The molecule has 1 saturated carbocycles. The van der Waals surface area contributed by atoms with Crippen LogP contribution in [-0.4, -0.2) is 22.1 Å². The van der Waals surface area contributed by atoms with E-state index in [0.717, 1.165) is 13.0 Å². The second-order valence-corrected chi connectivity index (χ2v) is 5.06. The largest absolute Gasteiger partial charge is 0.330 e. The monoisotopic (exact) mass is 235 g/mol. The molecule has 1 heterocycles. The standard InChI is InChI=1S/C14H25N3/c1-3-6-14-16-10-11-17(14)13-8-5-7-12(13)15-9-4-2/h10-13,15H,3-9H2,1-2H3. The van der Waals surface area contributed by atoms with Crippen LogP contribution in [0.5, 0.6) is 0 Å². The zero-order chi connectivity index (χ0) is 12.1. The Morgan fingerprint density at radius 1 is 1.35 bits per heavy atom. The van der Waals surface area contributed by atoms with Crippen molar-refractivity contribution >= 4 is 0 Å². The number of hydrogen-bond acceptors (Lipinski definition) is 2. The first-order valence-electron chi connectivity index (χ1n) is 7.11. The lowest BCUT2D eigenvalue weighted by atomic mass is 10.1. The maximum atomic E-state index is 4.50. The molecule has 0 aliphatic heterocycles.